The summed E-state index contributed by atoms with van der Waals surface area (Å²) in [5.74, 6) is -0.0365. The molecule has 0 radical (unpaired) electrons. The molecule has 1 aromatic heterocycles. The van der Waals surface area contributed by atoms with Crippen LogP contribution in [0.3, 0.4) is 0 Å². The number of anilines is 1. The summed E-state index contributed by atoms with van der Waals surface area (Å²) in [7, 11) is -3.66. The molecule has 7 nitrogen and oxygen atoms in total. The highest BCUT2D eigenvalue weighted by atomic mass is 32.2. The van der Waals surface area contributed by atoms with E-state index < -0.39 is 10.0 Å². The van der Waals surface area contributed by atoms with Crippen LogP contribution in [-0.2, 0) is 14.8 Å². The van der Waals surface area contributed by atoms with Crippen LogP contribution in [0.1, 0.15) is 6.42 Å². The number of piperazine rings is 1. The maximum Gasteiger partial charge on any atom is 0.240 e. The number of amides is 1. The van der Waals surface area contributed by atoms with Crippen molar-refractivity contribution >= 4 is 32.4 Å². The molecule has 2 heterocycles. The Bertz CT molecular complexity index is 1130. The van der Waals surface area contributed by atoms with Crippen LogP contribution in [0.15, 0.2) is 71.9 Å². The van der Waals surface area contributed by atoms with Gasteiger partial charge in [0.2, 0.25) is 15.9 Å². The fourth-order valence-corrected chi connectivity index (χ4v) is 4.70. The van der Waals surface area contributed by atoms with Crippen molar-refractivity contribution in [2.24, 2.45) is 0 Å². The lowest BCUT2D eigenvalue weighted by Crippen LogP contribution is -2.49. The number of benzene rings is 2. The molecule has 0 bridgehead atoms. The smallest absolute Gasteiger partial charge is 0.240 e. The van der Waals surface area contributed by atoms with Gasteiger partial charge in [-0.2, -0.15) is 0 Å². The second kappa shape index (κ2) is 8.81. The molecule has 2 aromatic carbocycles. The van der Waals surface area contributed by atoms with Crippen molar-refractivity contribution in [1.29, 1.82) is 0 Å². The van der Waals surface area contributed by atoms with E-state index in [9.17, 15) is 13.2 Å². The van der Waals surface area contributed by atoms with Gasteiger partial charge in [-0.1, -0.05) is 30.3 Å². The average Bonchev–Trinajstić information content (AvgIpc) is 2.79. The van der Waals surface area contributed by atoms with Crippen LogP contribution in [-0.4, -0.2) is 56.9 Å². The summed E-state index contributed by atoms with van der Waals surface area (Å²) in [4.78, 5) is 20.7. The quantitative estimate of drug-likeness (QED) is 0.656. The second-order valence-electron chi connectivity index (χ2n) is 7.23. The molecule has 1 amide bonds. The molecular formula is C22H24N4O3S. The topological polar surface area (TPSA) is 82.6 Å². The van der Waals surface area contributed by atoms with Crippen molar-refractivity contribution < 1.29 is 13.2 Å². The molecule has 156 valence electrons. The highest BCUT2D eigenvalue weighted by Gasteiger charge is 2.22. The predicted molar refractivity (Wildman–Crippen MR) is 117 cm³/mol. The minimum Gasteiger partial charge on any atom is -0.368 e. The van der Waals surface area contributed by atoms with E-state index in [4.69, 9.17) is 0 Å². The van der Waals surface area contributed by atoms with Crippen molar-refractivity contribution in [3.8, 4) is 0 Å². The SMILES string of the molecule is O=C(CCNS(=O)(=O)c1ccc2ccccc2c1)N1CCN(c2ccncc2)CC1. The minimum absolute atomic E-state index is 0.0365. The molecule has 4 rings (SSSR count). The predicted octanol–water partition coefficient (Wildman–Crippen LogP) is 2.25. The molecule has 30 heavy (non-hydrogen) atoms. The number of rotatable bonds is 6. The van der Waals surface area contributed by atoms with Crippen molar-refractivity contribution in [2.45, 2.75) is 11.3 Å². The molecule has 1 aliphatic heterocycles. The molecule has 3 aromatic rings. The fourth-order valence-electron chi connectivity index (χ4n) is 3.64. The number of fused-ring (bicyclic) bond motifs is 1. The van der Waals surface area contributed by atoms with Gasteiger partial charge in [0.1, 0.15) is 0 Å². The molecule has 0 atom stereocenters. The zero-order valence-electron chi connectivity index (χ0n) is 16.6. The van der Waals surface area contributed by atoms with Gasteiger partial charge in [0, 0.05) is 57.2 Å². The van der Waals surface area contributed by atoms with Gasteiger partial charge in [0.15, 0.2) is 0 Å². The van der Waals surface area contributed by atoms with Gasteiger partial charge >= 0.3 is 0 Å². The Morgan fingerprint density at radius 3 is 2.37 bits per heavy atom. The third kappa shape index (κ3) is 4.60. The third-order valence-corrected chi connectivity index (χ3v) is 6.78. The van der Waals surface area contributed by atoms with E-state index in [0.717, 1.165) is 29.5 Å². The van der Waals surface area contributed by atoms with Crippen LogP contribution in [0, 0.1) is 0 Å². The number of nitrogens with one attached hydrogen (secondary N) is 1. The summed E-state index contributed by atoms with van der Waals surface area (Å²) in [6, 6.07) is 16.5. The first-order chi connectivity index (χ1) is 14.5. The summed E-state index contributed by atoms with van der Waals surface area (Å²) in [6.07, 6.45) is 3.66. The maximum absolute atomic E-state index is 12.6. The third-order valence-electron chi connectivity index (χ3n) is 5.32. The Morgan fingerprint density at radius 1 is 0.933 bits per heavy atom. The molecule has 1 N–H and O–H groups in total. The van der Waals surface area contributed by atoms with Crippen LogP contribution in [0.2, 0.25) is 0 Å². The van der Waals surface area contributed by atoms with E-state index in [2.05, 4.69) is 14.6 Å². The fraction of sp³-hybridized carbons (Fsp3) is 0.273. The van der Waals surface area contributed by atoms with E-state index in [1.54, 1.807) is 35.5 Å². The zero-order valence-corrected chi connectivity index (χ0v) is 17.4. The van der Waals surface area contributed by atoms with Gasteiger partial charge in [0.25, 0.3) is 0 Å². The number of pyridine rings is 1. The first kappa shape index (κ1) is 20.3. The monoisotopic (exact) mass is 424 g/mol. The molecule has 0 unspecified atom stereocenters. The normalized spacial score (nSPS) is 14.8. The van der Waals surface area contributed by atoms with Gasteiger partial charge in [-0.25, -0.2) is 13.1 Å². The summed E-state index contributed by atoms with van der Waals surface area (Å²) in [6.45, 7) is 2.83. The molecule has 1 fully saturated rings. The molecule has 0 saturated carbocycles. The summed E-state index contributed by atoms with van der Waals surface area (Å²) >= 11 is 0. The van der Waals surface area contributed by atoms with E-state index >= 15 is 0 Å². The number of hydrogen-bond acceptors (Lipinski definition) is 5. The second-order valence-corrected chi connectivity index (χ2v) is 9.00. The van der Waals surface area contributed by atoms with Gasteiger partial charge in [0.05, 0.1) is 4.90 Å². The lowest BCUT2D eigenvalue weighted by atomic mass is 10.1. The van der Waals surface area contributed by atoms with Crippen molar-refractivity contribution in [3.05, 3.63) is 67.0 Å². The number of carbonyl (C=O) groups excluding carboxylic acids is 1. The minimum atomic E-state index is -3.66. The van der Waals surface area contributed by atoms with Gasteiger partial charge in [-0.15, -0.1) is 0 Å². The summed E-state index contributed by atoms with van der Waals surface area (Å²) in [5, 5.41) is 1.85. The van der Waals surface area contributed by atoms with Crippen LogP contribution >= 0.6 is 0 Å². The number of aromatic nitrogens is 1. The Morgan fingerprint density at radius 2 is 1.63 bits per heavy atom. The molecule has 0 aliphatic carbocycles. The molecule has 0 spiro atoms. The Hall–Kier alpha value is -2.97. The first-order valence-corrected chi connectivity index (χ1v) is 11.4. The maximum atomic E-state index is 12.6. The van der Waals surface area contributed by atoms with Crippen molar-refractivity contribution in [1.82, 2.24) is 14.6 Å². The van der Waals surface area contributed by atoms with E-state index in [-0.39, 0.29) is 23.8 Å². The average molecular weight is 425 g/mol. The van der Waals surface area contributed by atoms with Crippen LogP contribution in [0.25, 0.3) is 10.8 Å². The van der Waals surface area contributed by atoms with Crippen LogP contribution in [0.5, 0.6) is 0 Å². The summed E-state index contributed by atoms with van der Waals surface area (Å²) < 4.78 is 27.7. The zero-order chi connectivity index (χ0) is 21.0. The molecule has 1 aliphatic rings. The first-order valence-electron chi connectivity index (χ1n) is 9.94. The van der Waals surface area contributed by atoms with Gasteiger partial charge < -0.3 is 9.80 Å². The Balaban J connectivity index is 1.29. The van der Waals surface area contributed by atoms with Crippen molar-refractivity contribution in [2.75, 3.05) is 37.6 Å². The number of carbonyl (C=O) groups is 1. The van der Waals surface area contributed by atoms with Gasteiger partial charge in [-0.3, -0.25) is 9.78 Å². The largest absolute Gasteiger partial charge is 0.368 e. The van der Waals surface area contributed by atoms with E-state index in [1.807, 2.05) is 36.4 Å². The highest BCUT2D eigenvalue weighted by molar-refractivity contribution is 7.89. The van der Waals surface area contributed by atoms with Gasteiger partial charge in [-0.05, 0) is 35.0 Å². The molecule has 8 heteroatoms. The van der Waals surface area contributed by atoms with Crippen LogP contribution in [0.4, 0.5) is 5.69 Å². The lowest BCUT2D eigenvalue weighted by molar-refractivity contribution is -0.131. The number of sulfonamides is 1. The highest BCUT2D eigenvalue weighted by Crippen LogP contribution is 2.19. The van der Waals surface area contributed by atoms with Crippen LogP contribution < -0.4 is 9.62 Å². The van der Waals surface area contributed by atoms with E-state index in [0.29, 0.717) is 13.1 Å². The van der Waals surface area contributed by atoms with E-state index in [1.165, 1.54) is 0 Å². The Kier molecular flexibility index (Phi) is 5.96. The van der Waals surface area contributed by atoms with Crippen molar-refractivity contribution in [3.63, 3.8) is 0 Å². The number of nitrogens with zero attached hydrogens (tertiary/aromatic N) is 3. The molecular weight excluding hydrogens is 400 g/mol. The summed E-state index contributed by atoms with van der Waals surface area (Å²) in [5.41, 5.74) is 1.10. The lowest BCUT2D eigenvalue weighted by Gasteiger charge is -2.36. The molecule has 1 saturated heterocycles. The number of hydrogen-bond donors (Lipinski definition) is 1. The standard InChI is InChI=1S/C22H24N4O3S/c27-22(26-15-13-25(14-16-26)20-7-10-23-11-8-20)9-12-24-30(28,29)21-6-5-18-3-1-2-4-19(18)17-21/h1-8,10-11,17,24H,9,12-16H2. The Labute approximate surface area is 176 Å².